The fraction of sp³-hybridized carbons (Fsp3) is 0.533. The first-order valence-corrected chi connectivity index (χ1v) is 7.90. The van der Waals surface area contributed by atoms with Gasteiger partial charge in [0.2, 0.25) is 5.91 Å². The van der Waals surface area contributed by atoms with E-state index in [4.69, 9.17) is 5.73 Å². The molecular weight excluding hydrogens is 256 g/mol. The molecule has 1 aliphatic carbocycles. The third-order valence-corrected chi connectivity index (χ3v) is 4.30. The molecule has 0 bridgehead atoms. The molecule has 1 saturated carbocycles. The summed E-state index contributed by atoms with van der Waals surface area (Å²) >= 11 is 1.77. The Morgan fingerprint density at radius 2 is 2.00 bits per heavy atom. The highest BCUT2D eigenvalue weighted by Crippen LogP contribution is 2.21. The maximum Gasteiger partial charge on any atom is 0.235 e. The molecule has 2 rings (SSSR count). The number of hydrogen-bond donors (Lipinski definition) is 2. The molecule has 19 heavy (non-hydrogen) atoms. The van der Waals surface area contributed by atoms with Crippen LogP contribution in [-0.2, 0) is 10.5 Å². The van der Waals surface area contributed by atoms with Gasteiger partial charge in [-0.15, -0.1) is 0 Å². The van der Waals surface area contributed by atoms with Crippen LogP contribution < -0.4 is 11.1 Å². The summed E-state index contributed by atoms with van der Waals surface area (Å²) in [6, 6.07) is 6.90. The second kappa shape index (κ2) is 6.44. The van der Waals surface area contributed by atoms with Crippen molar-refractivity contribution in [1.29, 1.82) is 0 Å². The molecule has 1 aromatic rings. The van der Waals surface area contributed by atoms with E-state index in [1.54, 1.807) is 11.8 Å². The van der Waals surface area contributed by atoms with E-state index >= 15 is 0 Å². The van der Waals surface area contributed by atoms with Gasteiger partial charge in [-0.05, 0) is 32.3 Å². The van der Waals surface area contributed by atoms with Crippen molar-refractivity contribution in [3.05, 3.63) is 34.9 Å². The van der Waals surface area contributed by atoms with Gasteiger partial charge in [-0.2, -0.15) is 11.8 Å². The summed E-state index contributed by atoms with van der Waals surface area (Å²) in [5, 5.41) is 3.30. The van der Waals surface area contributed by atoms with Crippen LogP contribution in [0.15, 0.2) is 18.2 Å². The zero-order valence-corrected chi connectivity index (χ0v) is 12.4. The molecule has 1 fully saturated rings. The number of nitrogens with one attached hydrogen (secondary N) is 1. The molecule has 1 atom stereocenters. The zero-order valence-electron chi connectivity index (χ0n) is 11.6. The van der Waals surface area contributed by atoms with E-state index in [0.717, 1.165) is 11.5 Å². The van der Waals surface area contributed by atoms with Crippen LogP contribution in [0.1, 0.15) is 29.5 Å². The van der Waals surface area contributed by atoms with Gasteiger partial charge in [0.1, 0.15) is 0 Å². The van der Waals surface area contributed by atoms with E-state index in [1.165, 1.54) is 29.5 Å². The molecule has 1 aliphatic rings. The molecule has 0 spiro atoms. The topological polar surface area (TPSA) is 55.1 Å². The molecule has 1 unspecified atom stereocenters. The van der Waals surface area contributed by atoms with Crippen molar-refractivity contribution >= 4 is 17.7 Å². The fourth-order valence-corrected chi connectivity index (χ4v) is 3.21. The smallest absolute Gasteiger partial charge is 0.235 e. The number of primary amides is 1. The van der Waals surface area contributed by atoms with Gasteiger partial charge < -0.3 is 11.1 Å². The average Bonchev–Trinajstić information content (AvgIpc) is 3.10. The molecule has 104 valence electrons. The summed E-state index contributed by atoms with van der Waals surface area (Å²) in [4.78, 5) is 11.4. The maximum atomic E-state index is 11.4. The fourth-order valence-electron chi connectivity index (χ4n) is 2.19. The van der Waals surface area contributed by atoms with E-state index in [2.05, 4.69) is 37.4 Å². The van der Waals surface area contributed by atoms with E-state index in [9.17, 15) is 4.79 Å². The normalized spacial score (nSPS) is 16.3. The Morgan fingerprint density at radius 3 is 2.53 bits per heavy atom. The summed E-state index contributed by atoms with van der Waals surface area (Å²) in [5.41, 5.74) is 9.32. The van der Waals surface area contributed by atoms with Crippen LogP contribution in [0.2, 0.25) is 0 Å². The lowest BCUT2D eigenvalue weighted by molar-refractivity contribution is -0.119. The predicted molar refractivity (Wildman–Crippen MR) is 81.2 cm³/mol. The lowest BCUT2D eigenvalue weighted by atomic mass is 10.1. The van der Waals surface area contributed by atoms with Gasteiger partial charge in [-0.3, -0.25) is 4.79 Å². The minimum absolute atomic E-state index is 0.191. The second-order valence-electron chi connectivity index (χ2n) is 5.41. The number of hydrogen-bond acceptors (Lipinski definition) is 3. The monoisotopic (exact) mass is 278 g/mol. The first-order chi connectivity index (χ1) is 9.04. The summed E-state index contributed by atoms with van der Waals surface area (Å²) < 4.78 is 0. The third-order valence-electron chi connectivity index (χ3n) is 3.19. The van der Waals surface area contributed by atoms with Gasteiger partial charge in [0.15, 0.2) is 0 Å². The Balaban J connectivity index is 1.81. The van der Waals surface area contributed by atoms with Crippen molar-refractivity contribution < 1.29 is 4.79 Å². The van der Waals surface area contributed by atoms with Crippen molar-refractivity contribution in [3.8, 4) is 0 Å². The van der Waals surface area contributed by atoms with Crippen LogP contribution in [0.3, 0.4) is 0 Å². The Bertz CT molecular complexity index is 437. The van der Waals surface area contributed by atoms with Gasteiger partial charge in [0.05, 0.1) is 6.04 Å². The summed E-state index contributed by atoms with van der Waals surface area (Å²) in [6.07, 6.45) is 2.34. The quantitative estimate of drug-likeness (QED) is 0.803. The summed E-state index contributed by atoms with van der Waals surface area (Å²) in [6.45, 7) is 4.23. The van der Waals surface area contributed by atoms with Crippen LogP contribution in [-0.4, -0.2) is 23.7 Å². The minimum Gasteiger partial charge on any atom is -0.368 e. The number of carbonyl (C=O) groups excluding carboxylic acids is 1. The molecule has 4 heteroatoms. The molecule has 1 amide bonds. The minimum atomic E-state index is -0.236. The van der Waals surface area contributed by atoms with Crippen LogP contribution in [0.5, 0.6) is 0 Å². The number of benzene rings is 1. The van der Waals surface area contributed by atoms with Gasteiger partial charge >= 0.3 is 0 Å². The van der Waals surface area contributed by atoms with Gasteiger partial charge in [-0.1, -0.05) is 29.3 Å². The summed E-state index contributed by atoms with van der Waals surface area (Å²) in [5.74, 6) is 1.44. The molecule has 0 aromatic heterocycles. The van der Waals surface area contributed by atoms with Crippen molar-refractivity contribution in [1.82, 2.24) is 5.32 Å². The van der Waals surface area contributed by atoms with E-state index in [-0.39, 0.29) is 11.9 Å². The standard InChI is InChI=1S/C15H22N2OS/c1-10-5-11(2)7-12(6-10)8-19-9-14(15(16)18)17-13-3-4-13/h5-7,13-14,17H,3-4,8-9H2,1-2H3,(H2,16,18). The highest BCUT2D eigenvalue weighted by molar-refractivity contribution is 7.98. The Kier molecular flexibility index (Phi) is 4.88. The van der Waals surface area contributed by atoms with Gasteiger partial charge in [-0.25, -0.2) is 0 Å². The lowest BCUT2D eigenvalue weighted by Crippen LogP contribution is -2.44. The molecule has 0 saturated heterocycles. The Morgan fingerprint density at radius 1 is 1.37 bits per heavy atom. The zero-order chi connectivity index (χ0) is 13.8. The number of aryl methyl sites for hydroxylation is 2. The third kappa shape index (κ3) is 4.88. The number of nitrogens with two attached hydrogens (primary N) is 1. The van der Waals surface area contributed by atoms with E-state index in [1.807, 2.05) is 0 Å². The number of carbonyl (C=O) groups is 1. The number of thioether (sulfide) groups is 1. The molecule has 3 N–H and O–H groups in total. The molecule has 0 heterocycles. The van der Waals surface area contributed by atoms with E-state index in [0.29, 0.717) is 6.04 Å². The summed E-state index contributed by atoms with van der Waals surface area (Å²) in [7, 11) is 0. The molecule has 1 aromatic carbocycles. The van der Waals surface area contributed by atoms with Crippen LogP contribution >= 0.6 is 11.8 Å². The lowest BCUT2D eigenvalue weighted by Gasteiger charge is -2.14. The van der Waals surface area contributed by atoms with Gasteiger partial charge in [0, 0.05) is 17.5 Å². The van der Waals surface area contributed by atoms with Gasteiger partial charge in [0.25, 0.3) is 0 Å². The molecule has 3 nitrogen and oxygen atoms in total. The van der Waals surface area contributed by atoms with Crippen molar-refractivity contribution in [2.24, 2.45) is 5.73 Å². The SMILES string of the molecule is Cc1cc(C)cc(CSCC(NC2CC2)C(N)=O)c1. The van der Waals surface area contributed by atoms with Crippen molar-refractivity contribution in [3.63, 3.8) is 0 Å². The molecular formula is C15H22N2OS. The second-order valence-corrected chi connectivity index (χ2v) is 6.44. The largest absolute Gasteiger partial charge is 0.368 e. The Hall–Kier alpha value is -1.00. The number of rotatable bonds is 7. The van der Waals surface area contributed by atoms with E-state index < -0.39 is 0 Å². The first-order valence-electron chi connectivity index (χ1n) is 6.75. The van der Waals surface area contributed by atoms with Crippen molar-refractivity contribution in [2.45, 2.75) is 44.5 Å². The molecule has 0 aliphatic heterocycles. The van der Waals surface area contributed by atoms with Crippen LogP contribution in [0, 0.1) is 13.8 Å². The maximum absolute atomic E-state index is 11.4. The molecule has 0 radical (unpaired) electrons. The van der Waals surface area contributed by atoms with Crippen LogP contribution in [0.25, 0.3) is 0 Å². The number of amides is 1. The predicted octanol–water partition coefficient (Wildman–Crippen LogP) is 2.14. The van der Waals surface area contributed by atoms with Crippen molar-refractivity contribution in [2.75, 3.05) is 5.75 Å². The average molecular weight is 278 g/mol. The Labute approximate surface area is 119 Å². The highest BCUT2D eigenvalue weighted by atomic mass is 32.2. The first kappa shape index (κ1) is 14.4. The highest BCUT2D eigenvalue weighted by Gasteiger charge is 2.26. The van der Waals surface area contributed by atoms with Crippen LogP contribution in [0.4, 0.5) is 0 Å².